The molecule has 4 aromatic rings. The zero-order valence-corrected chi connectivity index (χ0v) is 21.5. The quantitative estimate of drug-likeness (QED) is 0.219. The normalized spacial score (nSPS) is 8.42. The van der Waals surface area contributed by atoms with E-state index in [-0.39, 0.29) is 34.1 Å². The van der Waals surface area contributed by atoms with Gasteiger partial charge in [0.2, 0.25) is 0 Å². The van der Waals surface area contributed by atoms with Crippen molar-refractivity contribution in [3.63, 3.8) is 0 Å². The van der Waals surface area contributed by atoms with Crippen LogP contribution in [-0.2, 0) is 34.1 Å². The maximum Gasteiger partial charge on any atom is 0.335 e. The van der Waals surface area contributed by atoms with Gasteiger partial charge in [-0.3, -0.25) is 0 Å². The largest absolute Gasteiger partial charge is 0.478 e. The van der Waals surface area contributed by atoms with Gasteiger partial charge in [0.1, 0.15) is 0 Å². The van der Waals surface area contributed by atoms with E-state index in [1.807, 2.05) is 0 Å². The summed E-state index contributed by atoms with van der Waals surface area (Å²) in [6.45, 7) is 0. The molecule has 0 aliphatic carbocycles. The Hall–Kier alpha value is -4.20. The first kappa shape index (κ1) is 36.0. The van der Waals surface area contributed by atoms with Crippen molar-refractivity contribution in [2.75, 3.05) is 0 Å². The molecule has 0 bridgehead atoms. The molecule has 0 unspecified atom stereocenters. The molecule has 0 amide bonds. The Morgan fingerprint density at radius 2 is 0.447 bits per heavy atom. The Morgan fingerprint density at radius 3 is 0.526 bits per heavy atom. The average Bonchev–Trinajstić information content (AvgIpc) is 2.92. The Morgan fingerprint density at radius 1 is 0.316 bits per heavy atom. The third-order valence-corrected chi connectivity index (χ3v) is 4.08. The second-order valence-electron chi connectivity index (χ2n) is 6.68. The number of hydrogen-bond donors (Lipinski definition) is 4. The van der Waals surface area contributed by atoms with Crippen molar-refractivity contribution in [3.8, 4) is 0 Å². The Balaban J connectivity index is 0. The van der Waals surface area contributed by atoms with E-state index in [2.05, 4.69) is 0 Å². The van der Waals surface area contributed by atoms with E-state index >= 15 is 0 Å². The summed E-state index contributed by atoms with van der Waals surface area (Å²) in [5.41, 5.74) is 1.32. The standard InChI is InChI=1S/4C7H6O2.2Cu/c4*8-7(9)6-4-2-1-3-5-6;;/h4*1-5H,(H,8,9);;. The smallest absolute Gasteiger partial charge is 0.335 e. The summed E-state index contributed by atoms with van der Waals surface area (Å²) in [5.74, 6) is -3.52. The van der Waals surface area contributed by atoms with Crippen LogP contribution in [0.25, 0.3) is 0 Å². The Labute approximate surface area is 240 Å². The predicted octanol–water partition coefficient (Wildman–Crippen LogP) is 5.53. The van der Waals surface area contributed by atoms with Crippen molar-refractivity contribution in [1.29, 1.82) is 0 Å². The molecular formula is C28H24Cu2O8. The van der Waals surface area contributed by atoms with Gasteiger partial charge >= 0.3 is 23.9 Å². The minimum atomic E-state index is -0.879. The van der Waals surface area contributed by atoms with Crippen LogP contribution in [0, 0.1) is 0 Å². The van der Waals surface area contributed by atoms with Crippen LogP contribution in [0.15, 0.2) is 121 Å². The van der Waals surface area contributed by atoms with E-state index in [0.717, 1.165) is 0 Å². The molecule has 4 rings (SSSR count). The van der Waals surface area contributed by atoms with Crippen LogP contribution in [0.3, 0.4) is 0 Å². The van der Waals surface area contributed by atoms with Crippen LogP contribution < -0.4 is 0 Å². The third-order valence-electron chi connectivity index (χ3n) is 4.08. The fraction of sp³-hybridized carbons (Fsp3) is 0. The van der Waals surface area contributed by atoms with E-state index < -0.39 is 23.9 Å². The van der Waals surface area contributed by atoms with E-state index in [0.29, 0.717) is 22.3 Å². The van der Waals surface area contributed by atoms with Gasteiger partial charge in [-0.1, -0.05) is 72.8 Å². The first-order valence-electron chi connectivity index (χ1n) is 10.4. The molecule has 0 saturated heterocycles. The molecule has 2 radical (unpaired) electrons. The molecular weight excluding hydrogens is 591 g/mol. The summed E-state index contributed by atoms with van der Waals surface area (Å²) in [4.78, 5) is 40.8. The zero-order valence-electron chi connectivity index (χ0n) is 19.6. The molecule has 0 heterocycles. The Kier molecular flexibility index (Phi) is 19.8. The minimum absolute atomic E-state index is 0. The topological polar surface area (TPSA) is 149 Å². The maximum absolute atomic E-state index is 10.2. The molecule has 10 heteroatoms. The maximum atomic E-state index is 10.2. The fourth-order valence-corrected chi connectivity index (χ4v) is 2.32. The van der Waals surface area contributed by atoms with Gasteiger partial charge < -0.3 is 20.4 Å². The van der Waals surface area contributed by atoms with Crippen LogP contribution in [0.4, 0.5) is 0 Å². The van der Waals surface area contributed by atoms with Crippen LogP contribution in [0.2, 0.25) is 0 Å². The van der Waals surface area contributed by atoms with Gasteiger partial charge in [-0.25, -0.2) is 19.2 Å². The average molecular weight is 616 g/mol. The molecule has 0 fully saturated rings. The SMILES string of the molecule is O=C(O)c1ccccc1.O=C(O)c1ccccc1.O=C(O)c1ccccc1.O=C(O)c1ccccc1.[Cu].[Cu]. The number of rotatable bonds is 4. The number of carbonyl (C=O) groups is 4. The molecule has 0 spiro atoms. The van der Waals surface area contributed by atoms with Crippen LogP contribution >= 0.6 is 0 Å². The number of benzene rings is 4. The van der Waals surface area contributed by atoms with Crippen molar-refractivity contribution >= 4 is 23.9 Å². The number of carboxylic acid groups (broad SMARTS) is 4. The second-order valence-corrected chi connectivity index (χ2v) is 6.68. The molecule has 0 aromatic heterocycles. The second kappa shape index (κ2) is 20.9. The number of carboxylic acids is 4. The predicted molar refractivity (Wildman–Crippen MR) is 134 cm³/mol. The summed E-state index contributed by atoms with van der Waals surface area (Å²) in [5, 5.41) is 33.5. The molecule has 0 atom stereocenters. The van der Waals surface area contributed by atoms with Gasteiger partial charge in [0.05, 0.1) is 22.3 Å². The van der Waals surface area contributed by atoms with Crippen LogP contribution in [0.5, 0.6) is 0 Å². The van der Waals surface area contributed by atoms with Crippen molar-refractivity contribution in [3.05, 3.63) is 144 Å². The summed E-state index contributed by atoms with van der Waals surface area (Å²) in [6.07, 6.45) is 0. The summed E-state index contributed by atoms with van der Waals surface area (Å²) in [7, 11) is 0. The van der Waals surface area contributed by atoms with Gasteiger partial charge in [0.15, 0.2) is 0 Å². The van der Waals surface area contributed by atoms with E-state index in [4.69, 9.17) is 20.4 Å². The molecule has 0 aliphatic rings. The van der Waals surface area contributed by atoms with Crippen molar-refractivity contribution in [2.45, 2.75) is 0 Å². The molecule has 4 aromatic carbocycles. The first-order valence-corrected chi connectivity index (χ1v) is 10.4. The van der Waals surface area contributed by atoms with Gasteiger partial charge in [-0.15, -0.1) is 0 Å². The molecule has 8 nitrogen and oxygen atoms in total. The molecule has 0 aliphatic heterocycles. The van der Waals surface area contributed by atoms with E-state index in [1.54, 1.807) is 121 Å². The first-order chi connectivity index (χ1) is 17.2. The summed E-state index contributed by atoms with van der Waals surface area (Å²) < 4.78 is 0. The van der Waals surface area contributed by atoms with Crippen LogP contribution in [-0.4, -0.2) is 44.3 Å². The summed E-state index contributed by atoms with van der Waals surface area (Å²) >= 11 is 0. The molecule has 38 heavy (non-hydrogen) atoms. The third kappa shape index (κ3) is 15.7. The van der Waals surface area contributed by atoms with Crippen LogP contribution in [0.1, 0.15) is 41.4 Å². The van der Waals surface area contributed by atoms with Crippen molar-refractivity contribution in [2.24, 2.45) is 0 Å². The van der Waals surface area contributed by atoms with Gasteiger partial charge in [0, 0.05) is 34.1 Å². The zero-order chi connectivity index (χ0) is 26.8. The van der Waals surface area contributed by atoms with Gasteiger partial charge in [-0.2, -0.15) is 0 Å². The monoisotopic (exact) mass is 614 g/mol. The minimum Gasteiger partial charge on any atom is -0.478 e. The van der Waals surface area contributed by atoms with Gasteiger partial charge in [-0.05, 0) is 48.5 Å². The molecule has 0 saturated carbocycles. The van der Waals surface area contributed by atoms with Gasteiger partial charge in [0.25, 0.3) is 0 Å². The van der Waals surface area contributed by atoms with E-state index in [1.165, 1.54) is 0 Å². The van der Waals surface area contributed by atoms with E-state index in [9.17, 15) is 19.2 Å². The molecule has 4 N–H and O–H groups in total. The number of hydrogen-bond acceptors (Lipinski definition) is 4. The van der Waals surface area contributed by atoms with Crippen molar-refractivity contribution < 1.29 is 73.7 Å². The molecule has 206 valence electrons. The Bertz CT molecular complexity index is 1020. The fourth-order valence-electron chi connectivity index (χ4n) is 2.32. The summed E-state index contributed by atoms with van der Waals surface area (Å²) in [6, 6.07) is 33.2. The number of aromatic carboxylic acids is 4. The van der Waals surface area contributed by atoms with Crippen molar-refractivity contribution in [1.82, 2.24) is 0 Å².